The van der Waals surface area contributed by atoms with Crippen molar-refractivity contribution in [2.75, 3.05) is 0 Å². The van der Waals surface area contributed by atoms with E-state index in [0.717, 1.165) is 27.8 Å². The number of benzene rings is 4. The summed E-state index contributed by atoms with van der Waals surface area (Å²) < 4.78 is 0. The van der Waals surface area contributed by atoms with Crippen molar-refractivity contribution in [2.24, 2.45) is 0 Å². The zero-order valence-electron chi connectivity index (χ0n) is 16.1. The van der Waals surface area contributed by atoms with Crippen molar-refractivity contribution >= 4 is 5.57 Å². The fraction of sp³-hybridized carbons (Fsp3) is 0.0357. The van der Waals surface area contributed by atoms with E-state index < -0.39 is 5.60 Å². The third-order valence-electron chi connectivity index (χ3n) is 4.98. The highest BCUT2D eigenvalue weighted by Crippen LogP contribution is 2.32. The van der Waals surface area contributed by atoms with Crippen LogP contribution in [0.5, 0.6) is 0 Å². The van der Waals surface area contributed by atoms with Crippen molar-refractivity contribution in [3.8, 4) is 0 Å². The normalized spacial score (nSPS) is 10.8. The molecule has 140 valence electrons. The number of rotatable bonds is 5. The topological polar surface area (TPSA) is 20.2 Å². The lowest BCUT2D eigenvalue weighted by Gasteiger charge is -2.25. The minimum Gasteiger partial charge on any atom is -0.376 e. The first-order valence-corrected chi connectivity index (χ1v) is 9.69. The van der Waals surface area contributed by atoms with Crippen LogP contribution < -0.4 is 0 Å². The fourth-order valence-electron chi connectivity index (χ4n) is 3.44. The predicted octanol–water partition coefficient (Wildman–Crippen LogP) is 6.21. The van der Waals surface area contributed by atoms with E-state index in [1.54, 1.807) is 6.08 Å². The van der Waals surface area contributed by atoms with Crippen LogP contribution >= 0.6 is 0 Å². The van der Waals surface area contributed by atoms with Gasteiger partial charge in [0.15, 0.2) is 0 Å². The van der Waals surface area contributed by atoms with Gasteiger partial charge in [0.25, 0.3) is 0 Å². The average molecular weight is 374 g/mol. The van der Waals surface area contributed by atoms with E-state index in [4.69, 9.17) is 0 Å². The van der Waals surface area contributed by atoms with Crippen molar-refractivity contribution in [1.82, 2.24) is 0 Å². The molecule has 4 aromatic carbocycles. The number of hydrogen-bond acceptors (Lipinski definition) is 1. The van der Waals surface area contributed by atoms with Gasteiger partial charge in [-0.15, -0.1) is 5.73 Å². The Balaban J connectivity index is 1.94. The molecular formula is C28H22O. The van der Waals surface area contributed by atoms with Crippen LogP contribution in [0.4, 0.5) is 0 Å². The molecule has 0 aliphatic heterocycles. The van der Waals surface area contributed by atoms with Crippen LogP contribution in [0.1, 0.15) is 22.3 Å². The minimum atomic E-state index is -1.28. The van der Waals surface area contributed by atoms with E-state index in [0.29, 0.717) is 0 Å². The Hall–Kier alpha value is -3.64. The second kappa shape index (κ2) is 8.58. The van der Waals surface area contributed by atoms with Crippen LogP contribution in [0.25, 0.3) is 5.57 Å². The first-order valence-electron chi connectivity index (χ1n) is 9.69. The summed E-state index contributed by atoms with van der Waals surface area (Å²) in [5.74, 6) is 0. The summed E-state index contributed by atoms with van der Waals surface area (Å²) in [4.78, 5) is 0. The maximum Gasteiger partial charge on any atom is 0.141 e. The molecule has 0 fully saturated rings. The quantitative estimate of drug-likeness (QED) is 0.412. The lowest BCUT2D eigenvalue weighted by atomic mass is 9.85. The van der Waals surface area contributed by atoms with Crippen molar-refractivity contribution < 1.29 is 5.11 Å². The fourth-order valence-corrected chi connectivity index (χ4v) is 3.44. The van der Waals surface area contributed by atoms with Gasteiger partial charge < -0.3 is 5.11 Å². The Labute approximate surface area is 171 Å². The number of aliphatic hydroxyl groups is 1. The van der Waals surface area contributed by atoms with E-state index in [1.165, 1.54) is 0 Å². The second-order valence-electron chi connectivity index (χ2n) is 6.89. The molecule has 4 rings (SSSR count). The first-order chi connectivity index (χ1) is 14.3. The van der Waals surface area contributed by atoms with Crippen LogP contribution in [0, 0.1) is 0 Å². The highest BCUT2D eigenvalue weighted by Gasteiger charge is 2.28. The summed E-state index contributed by atoms with van der Waals surface area (Å²) in [6.07, 6.45) is 1.77. The molecule has 0 bridgehead atoms. The van der Waals surface area contributed by atoms with Gasteiger partial charge in [0.1, 0.15) is 5.60 Å². The number of hydrogen-bond donors (Lipinski definition) is 1. The molecule has 1 heteroatoms. The molecule has 0 unspecified atom stereocenters. The van der Waals surface area contributed by atoms with Gasteiger partial charge in [-0.2, -0.15) is 0 Å². The molecule has 4 aromatic rings. The molecule has 0 amide bonds. The predicted molar refractivity (Wildman–Crippen MR) is 119 cm³/mol. The summed E-state index contributed by atoms with van der Waals surface area (Å²) in [6, 6.07) is 39.7. The molecule has 0 aromatic heterocycles. The molecule has 29 heavy (non-hydrogen) atoms. The van der Waals surface area contributed by atoms with Gasteiger partial charge in [0, 0.05) is 5.57 Å². The third-order valence-corrected chi connectivity index (χ3v) is 4.98. The van der Waals surface area contributed by atoms with Crippen molar-refractivity contribution in [3.05, 3.63) is 155 Å². The first kappa shape index (κ1) is 18.7. The van der Waals surface area contributed by atoms with E-state index in [2.05, 4.69) is 30.0 Å². The maximum atomic E-state index is 11.8. The Kier molecular flexibility index (Phi) is 5.54. The van der Waals surface area contributed by atoms with Crippen molar-refractivity contribution in [1.29, 1.82) is 0 Å². The monoisotopic (exact) mass is 374 g/mol. The summed E-state index contributed by atoms with van der Waals surface area (Å²) >= 11 is 0. The summed E-state index contributed by atoms with van der Waals surface area (Å²) in [5.41, 5.74) is 6.81. The van der Waals surface area contributed by atoms with E-state index in [-0.39, 0.29) is 0 Å². The molecule has 0 saturated carbocycles. The molecule has 0 saturated heterocycles. The Morgan fingerprint density at radius 1 is 0.552 bits per heavy atom. The van der Waals surface area contributed by atoms with Crippen LogP contribution in [-0.4, -0.2) is 5.11 Å². The average Bonchev–Trinajstić information content (AvgIpc) is 2.81. The molecule has 0 spiro atoms. The molecule has 0 radical (unpaired) electrons. The van der Waals surface area contributed by atoms with Gasteiger partial charge in [-0.3, -0.25) is 0 Å². The lowest BCUT2D eigenvalue weighted by Crippen LogP contribution is -2.24. The lowest BCUT2D eigenvalue weighted by molar-refractivity contribution is 0.135. The molecule has 0 atom stereocenters. The summed E-state index contributed by atoms with van der Waals surface area (Å²) in [5, 5.41) is 11.8. The maximum absolute atomic E-state index is 11.8. The SMILES string of the molecule is OC(C=C=C(c1ccccc1)c1ccccc1)(c1ccccc1)c1ccccc1. The summed E-state index contributed by atoms with van der Waals surface area (Å²) in [7, 11) is 0. The standard InChI is InChI=1S/C28H22O/c29-28(25-17-9-3-10-18-25,26-19-11-4-12-20-26)22-21-27(23-13-5-1-6-14-23)24-15-7-2-8-16-24/h1-20,22,29H. The van der Waals surface area contributed by atoms with Crippen LogP contribution in [0.3, 0.4) is 0 Å². The summed E-state index contributed by atoms with van der Waals surface area (Å²) in [6.45, 7) is 0. The molecule has 1 N–H and O–H groups in total. The molecule has 1 nitrogen and oxygen atoms in total. The molecule has 0 aliphatic rings. The van der Waals surface area contributed by atoms with Gasteiger partial charge in [-0.1, -0.05) is 121 Å². The van der Waals surface area contributed by atoms with Gasteiger partial charge in [0.2, 0.25) is 0 Å². The van der Waals surface area contributed by atoms with Crippen LogP contribution in [0.2, 0.25) is 0 Å². The Morgan fingerprint density at radius 3 is 1.28 bits per heavy atom. The van der Waals surface area contributed by atoms with E-state index in [1.807, 2.05) is 97.1 Å². The van der Waals surface area contributed by atoms with Gasteiger partial charge >= 0.3 is 0 Å². The van der Waals surface area contributed by atoms with Gasteiger partial charge in [-0.25, -0.2) is 0 Å². The van der Waals surface area contributed by atoms with Crippen molar-refractivity contribution in [2.45, 2.75) is 5.60 Å². The van der Waals surface area contributed by atoms with E-state index in [9.17, 15) is 5.11 Å². The third kappa shape index (κ3) is 4.12. The second-order valence-corrected chi connectivity index (χ2v) is 6.89. The molecule has 0 aliphatic carbocycles. The molecular weight excluding hydrogens is 352 g/mol. The smallest absolute Gasteiger partial charge is 0.141 e. The highest BCUT2D eigenvalue weighted by atomic mass is 16.3. The highest BCUT2D eigenvalue weighted by molar-refractivity contribution is 5.79. The Bertz CT molecular complexity index is 1030. The van der Waals surface area contributed by atoms with Gasteiger partial charge in [0.05, 0.1) is 0 Å². The Morgan fingerprint density at radius 2 is 0.897 bits per heavy atom. The molecule has 0 heterocycles. The zero-order chi connectivity index (χ0) is 19.9. The van der Waals surface area contributed by atoms with Crippen LogP contribution in [0.15, 0.2) is 133 Å². The van der Waals surface area contributed by atoms with Crippen molar-refractivity contribution in [3.63, 3.8) is 0 Å². The van der Waals surface area contributed by atoms with E-state index >= 15 is 0 Å². The van der Waals surface area contributed by atoms with Crippen LogP contribution in [-0.2, 0) is 5.60 Å². The van der Waals surface area contributed by atoms with Gasteiger partial charge in [-0.05, 0) is 28.3 Å². The minimum absolute atomic E-state index is 0.805. The zero-order valence-corrected chi connectivity index (χ0v) is 16.1. The largest absolute Gasteiger partial charge is 0.376 e.